The molecule has 0 radical (unpaired) electrons. The Morgan fingerprint density at radius 3 is 1.74 bits per heavy atom. The molecule has 0 aromatic heterocycles. The van der Waals surface area contributed by atoms with Gasteiger partial charge < -0.3 is 62.2 Å². The van der Waals surface area contributed by atoms with E-state index in [1.165, 1.54) is 13.8 Å². The molecule has 4 unspecified atom stereocenters. The quantitative estimate of drug-likeness (QED) is 0.0189. The molecule has 16 nitrogen and oxygen atoms in total. The number of nitrogens with one attached hydrogen (secondary N) is 2. The van der Waals surface area contributed by atoms with Crippen molar-refractivity contribution in [2.24, 2.45) is 34.8 Å². The molecule has 2 aliphatic rings. The van der Waals surface area contributed by atoms with Gasteiger partial charge in [-0.05, 0) is 38.2 Å². The molecule has 0 aromatic carbocycles. The number of carbonyl (C=O) groups is 2. The zero-order valence-electron chi connectivity index (χ0n) is 30.9. The second-order valence-electron chi connectivity index (χ2n) is 12.0. The summed E-state index contributed by atoms with van der Waals surface area (Å²) in [5.41, 5.74) is 19.6. The third-order valence-electron chi connectivity index (χ3n) is 6.25. The first-order chi connectivity index (χ1) is 23.1. The molecule has 50 heavy (non-hydrogen) atoms. The van der Waals surface area contributed by atoms with E-state index in [-0.39, 0.29) is 59.8 Å². The van der Waals surface area contributed by atoms with Gasteiger partial charge in [-0.25, -0.2) is 8.42 Å². The number of epoxide rings is 2. The third-order valence-corrected chi connectivity index (χ3v) is 9.37. The van der Waals surface area contributed by atoms with Crippen LogP contribution < -0.4 is 63.1 Å². The predicted molar refractivity (Wildman–Crippen MR) is 196 cm³/mol. The number of carbonyl (C=O) groups excluding carboxylic acids is 2. The minimum absolute atomic E-state index is 0. The minimum atomic E-state index is -4.37. The van der Waals surface area contributed by atoms with Crippen molar-refractivity contribution in [1.82, 2.24) is 10.6 Å². The molecule has 0 saturated carbocycles. The van der Waals surface area contributed by atoms with Crippen molar-refractivity contribution in [1.29, 1.82) is 0 Å². The first kappa shape index (κ1) is 54.5. The summed E-state index contributed by atoms with van der Waals surface area (Å²) in [4.78, 5) is 22.4. The number of nitrogens with two attached hydrogens (primary N) is 4. The number of hydrogen-bond donors (Lipinski definition) is 7. The third kappa shape index (κ3) is 42.6. The summed E-state index contributed by atoms with van der Waals surface area (Å²) in [6.45, 7) is 15.0. The van der Waals surface area contributed by atoms with Gasteiger partial charge in [0, 0.05) is 61.6 Å². The van der Waals surface area contributed by atoms with Crippen LogP contribution in [0.2, 0.25) is 0 Å². The molecular weight excluding hydrogens is 724 g/mol. The fourth-order valence-electron chi connectivity index (χ4n) is 3.29. The Labute approximate surface area is 331 Å². The average Bonchev–Trinajstić information content (AvgIpc) is 3.95. The summed E-state index contributed by atoms with van der Waals surface area (Å²) in [5, 5.41) is 14.2. The summed E-state index contributed by atoms with van der Waals surface area (Å²) < 4.78 is 52.6. The standard InChI is InChI=1S/C11H23NO5S2.C8H14O4.C7H16N2OS.C4H13N3.Na/c1-9(4-6-18-7-5-13)10(14)12-11(2,3)8-19(15,16)17;1(9-3-7-5-11-7)2-10-4-8-6-12-8;1-6(7(9)10)2-4-11-5-3-8;5-1-3-7-4-2-6;/h9,13H,4-8H2,1-3H3,(H,12,14)(H,15,16,17);7-8H,1-6H2;6H,2-5,8H2,1H3,(H2,9,10);7H,1-6H2;/q;;;;+1/p-1. The molecule has 2 heterocycles. The predicted octanol–water partition coefficient (Wildman–Crippen LogP) is -4.32. The van der Waals surface area contributed by atoms with Gasteiger partial charge in [0.05, 0.1) is 62.1 Å². The van der Waals surface area contributed by atoms with Gasteiger partial charge in [0.25, 0.3) is 0 Å². The van der Waals surface area contributed by atoms with Crippen LogP contribution in [0.25, 0.3) is 0 Å². The van der Waals surface area contributed by atoms with Gasteiger partial charge in [-0.15, -0.1) is 0 Å². The molecule has 2 amide bonds. The summed E-state index contributed by atoms with van der Waals surface area (Å²) in [6.07, 6.45) is 2.21. The van der Waals surface area contributed by atoms with Crippen molar-refractivity contribution >= 4 is 45.5 Å². The summed E-state index contributed by atoms with van der Waals surface area (Å²) in [5.74, 6) is 1.95. The SMILES string of the molecule is C(COCC1CO1)OCC1CO1.CC(CCSCCN)C(N)=O.CC(CCSCCO)C(=O)NC(C)(C)CS(=O)(=O)[O-].NCCNCCN.[Na+]. The van der Waals surface area contributed by atoms with Crippen molar-refractivity contribution in [3.8, 4) is 0 Å². The molecule has 2 aliphatic heterocycles. The van der Waals surface area contributed by atoms with Crippen LogP contribution in [0.3, 0.4) is 0 Å². The molecule has 294 valence electrons. The van der Waals surface area contributed by atoms with E-state index >= 15 is 0 Å². The smallest absolute Gasteiger partial charge is 0.748 e. The van der Waals surface area contributed by atoms with E-state index in [0.29, 0.717) is 70.4 Å². The molecule has 20 heteroatoms. The van der Waals surface area contributed by atoms with Crippen molar-refractivity contribution in [3.05, 3.63) is 0 Å². The Kier molecular flexibility index (Phi) is 38.1. The number of ether oxygens (including phenoxy) is 4. The number of aliphatic hydroxyl groups excluding tert-OH is 1. The molecule has 2 saturated heterocycles. The van der Waals surface area contributed by atoms with E-state index in [1.54, 1.807) is 30.4 Å². The molecule has 0 bridgehead atoms. The first-order valence-electron chi connectivity index (χ1n) is 16.6. The zero-order chi connectivity index (χ0) is 37.6. The molecule has 0 spiro atoms. The van der Waals surface area contributed by atoms with Crippen LogP contribution in [0.4, 0.5) is 0 Å². The summed E-state index contributed by atoms with van der Waals surface area (Å²) in [7, 11) is -4.37. The van der Waals surface area contributed by atoms with E-state index < -0.39 is 21.4 Å². The molecular formula is C30H65N6NaO10S3. The molecule has 2 rings (SSSR count). The summed E-state index contributed by atoms with van der Waals surface area (Å²) in [6, 6.07) is 0. The summed E-state index contributed by atoms with van der Waals surface area (Å²) >= 11 is 3.32. The maximum atomic E-state index is 11.8. The topological polar surface area (TPSA) is 283 Å². The Bertz CT molecular complexity index is 904. The van der Waals surface area contributed by atoms with Crippen molar-refractivity contribution in [3.63, 3.8) is 0 Å². The van der Waals surface area contributed by atoms with Gasteiger partial charge >= 0.3 is 29.6 Å². The maximum Gasteiger partial charge on any atom is 1.00 e. The Balaban J connectivity index is -0.000000620. The molecule has 2 fully saturated rings. The van der Waals surface area contributed by atoms with Gasteiger partial charge in [0.1, 0.15) is 12.2 Å². The van der Waals surface area contributed by atoms with Crippen molar-refractivity contribution in [2.75, 3.05) is 108 Å². The Hall–Kier alpha value is 0.190. The Morgan fingerprint density at radius 2 is 1.36 bits per heavy atom. The van der Waals surface area contributed by atoms with Gasteiger partial charge in [-0.2, -0.15) is 23.5 Å². The minimum Gasteiger partial charge on any atom is -0.748 e. The zero-order valence-corrected chi connectivity index (χ0v) is 35.3. The van der Waals surface area contributed by atoms with Crippen LogP contribution >= 0.6 is 23.5 Å². The second-order valence-corrected chi connectivity index (χ2v) is 15.8. The van der Waals surface area contributed by atoms with Gasteiger partial charge in [0.2, 0.25) is 11.8 Å². The van der Waals surface area contributed by atoms with E-state index in [4.69, 9.17) is 47.0 Å². The van der Waals surface area contributed by atoms with Gasteiger partial charge in [-0.1, -0.05) is 13.8 Å². The largest absolute Gasteiger partial charge is 1.00 e. The molecule has 11 N–H and O–H groups in total. The monoisotopic (exact) mass is 788 g/mol. The fourth-order valence-corrected chi connectivity index (χ4v) is 5.99. The number of rotatable bonds is 26. The van der Waals surface area contributed by atoms with Crippen LogP contribution in [0, 0.1) is 11.8 Å². The van der Waals surface area contributed by atoms with Crippen molar-refractivity contribution in [2.45, 2.75) is 58.3 Å². The second kappa shape index (κ2) is 34.9. The number of thioether (sulfide) groups is 2. The molecule has 0 aliphatic carbocycles. The van der Waals surface area contributed by atoms with Crippen LogP contribution in [0.1, 0.15) is 40.5 Å². The first-order valence-corrected chi connectivity index (χ1v) is 20.5. The number of aliphatic hydroxyl groups is 1. The van der Waals surface area contributed by atoms with Crippen LogP contribution in [-0.4, -0.2) is 155 Å². The molecule has 0 aromatic rings. The number of amides is 2. The number of primary amides is 1. The van der Waals surface area contributed by atoms with E-state index in [0.717, 1.165) is 50.0 Å². The van der Waals surface area contributed by atoms with Crippen molar-refractivity contribution < 1.29 is 76.2 Å². The normalized spacial score (nSPS) is 17.2. The van der Waals surface area contributed by atoms with Crippen LogP contribution in [0.15, 0.2) is 0 Å². The van der Waals surface area contributed by atoms with Crippen LogP contribution in [-0.2, 0) is 38.7 Å². The van der Waals surface area contributed by atoms with Crippen LogP contribution in [0.5, 0.6) is 0 Å². The number of hydrogen-bond acceptors (Lipinski definition) is 16. The van der Waals surface area contributed by atoms with Gasteiger partial charge in [0.15, 0.2) is 0 Å². The van der Waals surface area contributed by atoms with E-state index in [9.17, 15) is 22.6 Å². The van der Waals surface area contributed by atoms with E-state index in [1.807, 2.05) is 6.92 Å². The maximum absolute atomic E-state index is 11.8. The average molecular weight is 789 g/mol. The Morgan fingerprint density at radius 1 is 0.900 bits per heavy atom. The fraction of sp³-hybridized carbons (Fsp3) is 0.933. The van der Waals surface area contributed by atoms with E-state index in [2.05, 4.69) is 10.6 Å². The van der Waals surface area contributed by atoms with Gasteiger partial charge in [-0.3, -0.25) is 9.59 Å². The molecule has 4 atom stereocenters.